The average molecular weight is 530 g/mol. The van der Waals surface area contributed by atoms with Crippen LogP contribution in [0, 0.1) is 0 Å². The van der Waals surface area contributed by atoms with E-state index in [0.717, 1.165) is 20.6 Å². The van der Waals surface area contributed by atoms with Crippen LogP contribution in [0.1, 0.15) is 33.3 Å². The molecule has 0 saturated carbocycles. The Morgan fingerprint density at radius 1 is 0.972 bits per heavy atom. The minimum absolute atomic E-state index is 0.0966. The fourth-order valence-electron chi connectivity index (χ4n) is 3.72. The Balaban J connectivity index is 1.85. The lowest BCUT2D eigenvalue weighted by molar-refractivity contribution is -0.141. The van der Waals surface area contributed by atoms with Crippen LogP contribution in [0.3, 0.4) is 0 Å². The fourth-order valence-corrected chi connectivity index (χ4v) is 5.00. The van der Waals surface area contributed by atoms with Crippen molar-refractivity contribution in [1.82, 2.24) is 14.5 Å². The van der Waals surface area contributed by atoms with Gasteiger partial charge in [-0.25, -0.2) is 8.42 Å². The van der Waals surface area contributed by atoms with Crippen molar-refractivity contribution in [2.24, 2.45) is 0 Å². The second-order valence-electron chi connectivity index (χ2n) is 9.83. The van der Waals surface area contributed by atoms with E-state index in [1.165, 1.54) is 18.0 Å². The minimum Gasteiger partial charge on any atom is -0.350 e. The Morgan fingerprint density at radius 2 is 1.58 bits per heavy atom. The van der Waals surface area contributed by atoms with Crippen molar-refractivity contribution in [3.05, 3.63) is 77.3 Å². The van der Waals surface area contributed by atoms with Crippen LogP contribution in [0.4, 0.5) is 0 Å². The van der Waals surface area contributed by atoms with Crippen molar-refractivity contribution >= 4 is 44.2 Å². The maximum absolute atomic E-state index is 13.4. The Labute approximate surface area is 218 Å². The first kappa shape index (κ1) is 27.6. The van der Waals surface area contributed by atoms with Gasteiger partial charge in [-0.2, -0.15) is 4.31 Å². The third kappa shape index (κ3) is 6.84. The van der Waals surface area contributed by atoms with Gasteiger partial charge in [-0.05, 0) is 68.3 Å². The monoisotopic (exact) mass is 529 g/mol. The molecule has 9 heteroatoms. The molecule has 0 aliphatic carbocycles. The average Bonchev–Trinajstić information content (AvgIpc) is 2.81. The number of likely N-dealkylation sites (N-methyl/N-ethyl adjacent to an activating group) is 1. The molecule has 3 rings (SSSR count). The summed E-state index contributed by atoms with van der Waals surface area (Å²) in [5.41, 5.74) is 0.277. The predicted octanol–water partition coefficient (Wildman–Crippen LogP) is 4.45. The summed E-state index contributed by atoms with van der Waals surface area (Å²) < 4.78 is 27.6. The van der Waals surface area contributed by atoms with Crippen LogP contribution < -0.4 is 5.32 Å². The molecule has 1 N–H and O–H groups in total. The lowest BCUT2D eigenvalue weighted by Gasteiger charge is -2.32. The zero-order chi connectivity index (χ0) is 26.7. The van der Waals surface area contributed by atoms with Crippen molar-refractivity contribution in [2.45, 2.75) is 50.7 Å². The van der Waals surface area contributed by atoms with Gasteiger partial charge in [-0.3, -0.25) is 9.59 Å². The van der Waals surface area contributed by atoms with Gasteiger partial charge in [0.25, 0.3) is 0 Å². The number of hydrogen-bond donors (Lipinski definition) is 1. The van der Waals surface area contributed by atoms with Crippen LogP contribution in [-0.4, -0.2) is 54.6 Å². The molecular formula is C27H32ClN3O4S. The van der Waals surface area contributed by atoms with Gasteiger partial charge in [0, 0.05) is 24.2 Å². The van der Waals surface area contributed by atoms with E-state index in [1.54, 1.807) is 43.3 Å². The smallest absolute Gasteiger partial charge is 0.243 e. The zero-order valence-electron chi connectivity index (χ0n) is 21.2. The number of nitrogens with one attached hydrogen (secondary N) is 1. The Morgan fingerprint density at radius 3 is 2.19 bits per heavy atom. The number of hydrogen-bond acceptors (Lipinski definition) is 4. The fraction of sp³-hybridized carbons (Fsp3) is 0.333. The topological polar surface area (TPSA) is 86.8 Å². The molecule has 3 aromatic carbocycles. The van der Waals surface area contributed by atoms with Gasteiger partial charge >= 0.3 is 0 Å². The molecule has 0 aliphatic heterocycles. The van der Waals surface area contributed by atoms with Crippen molar-refractivity contribution in [2.75, 3.05) is 13.6 Å². The highest BCUT2D eigenvalue weighted by Gasteiger charge is 2.31. The number of fused-ring (bicyclic) bond motifs is 1. The molecule has 0 aliphatic rings. The van der Waals surface area contributed by atoms with Crippen molar-refractivity contribution in [3.8, 4) is 0 Å². The molecule has 7 nitrogen and oxygen atoms in total. The maximum atomic E-state index is 13.4. The lowest BCUT2D eigenvalue weighted by Crippen LogP contribution is -2.54. The van der Waals surface area contributed by atoms with Gasteiger partial charge in [0.15, 0.2) is 0 Å². The molecule has 2 amide bonds. The van der Waals surface area contributed by atoms with Crippen LogP contribution in [0.15, 0.2) is 71.6 Å². The van der Waals surface area contributed by atoms with Gasteiger partial charge in [-0.15, -0.1) is 0 Å². The summed E-state index contributed by atoms with van der Waals surface area (Å²) in [5, 5.41) is 5.15. The molecule has 0 unspecified atom stereocenters. The number of sulfonamides is 1. The third-order valence-corrected chi connectivity index (χ3v) is 7.77. The van der Waals surface area contributed by atoms with Gasteiger partial charge in [-0.1, -0.05) is 54.1 Å². The molecule has 192 valence electrons. The molecule has 1 atom stereocenters. The third-order valence-electron chi connectivity index (χ3n) is 5.72. The molecule has 0 heterocycles. The van der Waals surface area contributed by atoms with Crippen molar-refractivity contribution in [1.29, 1.82) is 0 Å². The largest absolute Gasteiger partial charge is 0.350 e. The summed E-state index contributed by atoms with van der Waals surface area (Å²) in [4.78, 5) is 27.8. The first-order chi connectivity index (χ1) is 16.8. The Bertz CT molecular complexity index is 1350. The van der Waals surface area contributed by atoms with Crippen LogP contribution in [0.5, 0.6) is 0 Å². The van der Waals surface area contributed by atoms with E-state index < -0.39 is 34.1 Å². The van der Waals surface area contributed by atoms with Crippen LogP contribution in [-0.2, 0) is 26.2 Å². The van der Waals surface area contributed by atoms with E-state index in [1.807, 2.05) is 45.0 Å². The molecule has 36 heavy (non-hydrogen) atoms. The molecule has 0 radical (unpaired) electrons. The first-order valence-electron chi connectivity index (χ1n) is 11.6. The number of nitrogens with zero attached hydrogens (tertiary/aromatic N) is 2. The second kappa shape index (κ2) is 11.0. The summed E-state index contributed by atoms with van der Waals surface area (Å²) in [7, 11) is -2.58. The number of halogens is 1. The Kier molecular flexibility index (Phi) is 8.44. The lowest BCUT2D eigenvalue weighted by atomic mass is 10.1. The minimum atomic E-state index is -3.94. The molecule has 3 aromatic rings. The number of carbonyl (C=O) groups is 2. The van der Waals surface area contributed by atoms with Gasteiger partial charge < -0.3 is 10.2 Å². The van der Waals surface area contributed by atoms with E-state index in [0.29, 0.717) is 5.02 Å². The predicted molar refractivity (Wildman–Crippen MR) is 143 cm³/mol. The second-order valence-corrected chi connectivity index (χ2v) is 12.3. The molecule has 0 aromatic heterocycles. The summed E-state index contributed by atoms with van der Waals surface area (Å²) in [6, 6.07) is 18.4. The van der Waals surface area contributed by atoms with Crippen LogP contribution >= 0.6 is 11.6 Å². The first-order valence-corrected chi connectivity index (χ1v) is 13.4. The van der Waals surface area contributed by atoms with E-state index in [-0.39, 0.29) is 17.3 Å². The summed E-state index contributed by atoms with van der Waals surface area (Å²) in [6.45, 7) is 6.90. The van der Waals surface area contributed by atoms with Crippen LogP contribution in [0.2, 0.25) is 5.02 Å². The van der Waals surface area contributed by atoms with E-state index in [2.05, 4.69) is 5.32 Å². The van der Waals surface area contributed by atoms with E-state index >= 15 is 0 Å². The highest BCUT2D eigenvalue weighted by Crippen LogP contribution is 2.22. The van der Waals surface area contributed by atoms with Gasteiger partial charge in [0.1, 0.15) is 6.04 Å². The SMILES string of the molecule is C[C@H](C(=O)NC(C)(C)C)N(Cc1ccc(Cl)cc1)C(=O)CN(C)S(=O)(=O)c1ccc2ccccc2c1. The van der Waals surface area contributed by atoms with Crippen molar-refractivity contribution in [3.63, 3.8) is 0 Å². The molecule has 0 fully saturated rings. The quantitative estimate of drug-likeness (QED) is 0.467. The van der Waals surface area contributed by atoms with Gasteiger partial charge in [0.05, 0.1) is 11.4 Å². The number of amides is 2. The highest BCUT2D eigenvalue weighted by molar-refractivity contribution is 7.89. The number of carbonyl (C=O) groups excluding carboxylic acids is 2. The normalized spacial score (nSPS) is 13.0. The number of rotatable bonds is 8. The molecular weight excluding hydrogens is 498 g/mol. The zero-order valence-corrected chi connectivity index (χ0v) is 22.7. The van der Waals surface area contributed by atoms with E-state index in [4.69, 9.17) is 11.6 Å². The molecule has 0 spiro atoms. The highest BCUT2D eigenvalue weighted by atomic mass is 35.5. The Hall–Kier alpha value is -2.94. The maximum Gasteiger partial charge on any atom is 0.243 e. The van der Waals surface area contributed by atoms with Crippen molar-refractivity contribution < 1.29 is 18.0 Å². The van der Waals surface area contributed by atoms with E-state index in [9.17, 15) is 18.0 Å². The summed E-state index contributed by atoms with van der Waals surface area (Å²) in [5.74, 6) is -0.821. The van der Waals surface area contributed by atoms with Crippen LogP contribution in [0.25, 0.3) is 10.8 Å². The standard InChI is InChI=1S/C27H32ClN3O4S/c1-19(26(33)29-27(2,3)4)31(17-20-10-13-23(28)14-11-20)25(32)18-30(5)36(34,35)24-15-12-21-8-6-7-9-22(21)16-24/h6-16,19H,17-18H2,1-5H3,(H,29,33)/t19-/m1/s1. The molecule has 0 bridgehead atoms. The van der Waals surface area contributed by atoms with Gasteiger partial charge in [0.2, 0.25) is 21.8 Å². The summed E-state index contributed by atoms with van der Waals surface area (Å²) >= 11 is 5.99. The molecule has 0 saturated heterocycles. The summed E-state index contributed by atoms with van der Waals surface area (Å²) in [6.07, 6.45) is 0. The number of benzene rings is 3.